The van der Waals surface area contributed by atoms with Crippen molar-refractivity contribution in [3.8, 4) is 0 Å². The Morgan fingerprint density at radius 1 is 2.00 bits per heavy atom. The second-order valence-electron chi connectivity index (χ2n) is 0.822. The number of thiol groups is 1. The maximum atomic E-state index is 10.1. The molecule has 0 radical (unpaired) electrons. The molecule has 0 aliphatic carbocycles. The van der Waals surface area contributed by atoms with Crippen molar-refractivity contribution in [1.82, 2.24) is 0 Å². The Morgan fingerprint density at radius 2 is 2.57 bits per heavy atom. The molecule has 0 N–H and O–H groups in total. The first kappa shape index (κ1) is 7.54. The van der Waals surface area contributed by atoms with Crippen LogP contribution < -0.4 is 0 Å². The van der Waals surface area contributed by atoms with Gasteiger partial charge in [0.25, 0.3) is 0 Å². The molecule has 1 nitrogen and oxygen atoms in total. The van der Waals surface area contributed by atoms with E-state index < -0.39 is 6.20 Å². The first-order valence-electron chi connectivity index (χ1n) is 1.67. The SMILES string of the molecule is C=CCS[P+](=O)S. The largest absolute Gasteiger partial charge is 0.480 e. The zero-order valence-corrected chi connectivity index (χ0v) is 6.31. The van der Waals surface area contributed by atoms with E-state index in [2.05, 4.69) is 18.8 Å². The summed E-state index contributed by atoms with van der Waals surface area (Å²) in [6, 6.07) is 0. The van der Waals surface area contributed by atoms with Crippen LogP contribution in [0.5, 0.6) is 0 Å². The van der Waals surface area contributed by atoms with Crippen LogP contribution in [0.3, 0.4) is 0 Å². The van der Waals surface area contributed by atoms with Gasteiger partial charge in [-0.1, -0.05) is 6.08 Å². The molecule has 7 heavy (non-hydrogen) atoms. The Morgan fingerprint density at radius 3 is 2.71 bits per heavy atom. The number of rotatable bonds is 3. The van der Waals surface area contributed by atoms with Crippen LogP contribution in [0.15, 0.2) is 12.7 Å². The van der Waals surface area contributed by atoms with E-state index >= 15 is 0 Å². The van der Waals surface area contributed by atoms with Crippen molar-refractivity contribution in [3.05, 3.63) is 12.7 Å². The van der Waals surface area contributed by atoms with Crippen molar-refractivity contribution in [1.29, 1.82) is 0 Å². The van der Waals surface area contributed by atoms with Gasteiger partial charge in [-0.15, -0.1) is 6.58 Å². The molecule has 0 amide bonds. The lowest BCUT2D eigenvalue weighted by atomic mass is 10.8. The molecule has 0 fully saturated rings. The molecule has 0 aliphatic rings. The molecule has 4 heteroatoms. The van der Waals surface area contributed by atoms with Gasteiger partial charge in [-0.2, -0.15) is 0 Å². The van der Waals surface area contributed by atoms with Gasteiger partial charge in [-0.05, 0) is 4.57 Å². The van der Waals surface area contributed by atoms with Crippen LogP contribution in [-0.2, 0) is 4.57 Å². The van der Waals surface area contributed by atoms with Crippen molar-refractivity contribution >= 4 is 29.8 Å². The second-order valence-corrected chi connectivity index (χ2v) is 5.56. The second kappa shape index (κ2) is 4.69. The summed E-state index contributed by atoms with van der Waals surface area (Å²) in [4.78, 5) is 0. The fraction of sp³-hybridized carbons (Fsp3) is 0.333. The first-order valence-corrected chi connectivity index (χ1v) is 5.67. The molecule has 0 spiro atoms. The van der Waals surface area contributed by atoms with E-state index in [1.165, 1.54) is 11.4 Å². The number of hydrogen-bond donors (Lipinski definition) is 1. The van der Waals surface area contributed by atoms with Crippen molar-refractivity contribution < 1.29 is 4.57 Å². The Labute approximate surface area is 53.3 Å². The van der Waals surface area contributed by atoms with Gasteiger partial charge in [0.15, 0.2) is 0 Å². The zero-order chi connectivity index (χ0) is 5.70. The van der Waals surface area contributed by atoms with Crippen LogP contribution in [0, 0.1) is 0 Å². The zero-order valence-electron chi connectivity index (χ0n) is 3.70. The Balaban J connectivity index is 2.97. The van der Waals surface area contributed by atoms with Crippen molar-refractivity contribution in [2.75, 3.05) is 5.75 Å². The molecule has 0 aliphatic heterocycles. The van der Waals surface area contributed by atoms with E-state index in [4.69, 9.17) is 0 Å². The molecule has 0 heterocycles. The summed E-state index contributed by atoms with van der Waals surface area (Å²) in [6.07, 6.45) is 0.386. The van der Waals surface area contributed by atoms with Crippen LogP contribution >= 0.6 is 29.8 Å². The third-order valence-corrected chi connectivity index (χ3v) is 3.06. The van der Waals surface area contributed by atoms with Crippen molar-refractivity contribution in [3.63, 3.8) is 0 Å². The molecule has 0 aromatic rings. The molecule has 0 saturated heterocycles. The average Bonchev–Trinajstić information content (AvgIpc) is 1.61. The summed E-state index contributed by atoms with van der Waals surface area (Å²) in [5, 5.41) is 0. The highest BCUT2D eigenvalue weighted by molar-refractivity contribution is 8.79. The topological polar surface area (TPSA) is 17.1 Å². The lowest BCUT2D eigenvalue weighted by molar-refractivity contribution is 0.603. The van der Waals surface area contributed by atoms with Crippen molar-refractivity contribution in [2.24, 2.45) is 0 Å². The quantitative estimate of drug-likeness (QED) is 0.381. The predicted molar refractivity (Wildman–Crippen MR) is 39.2 cm³/mol. The van der Waals surface area contributed by atoms with Crippen LogP contribution in [0.25, 0.3) is 0 Å². The molecule has 40 valence electrons. The molecular formula is C3H6OPS2+. The molecule has 0 saturated carbocycles. The first-order chi connectivity index (χ1) is 3.27. The van der Waals surface area contributed by atoms with E-state index in [9.17, 15) is 4.57 Å². The van der Waals surface area contributed by atoms with Gasteiger partial charge in [0.1, 0.15) is 23.6 Å². The van der Waals surface area contributed by atoms with E-state index in [1.807, 2.05) is 0 Å². The van der Waals surface area contributed by atoms with Gasteiger partial charge in [-0.3, -0.25) is 0 Å². The fourth-order valence-corrected chi connectivity index (χ4v) is 1.65. The Kier molecular flexibility index (Phi) is 5.05. The lowest BCUT2D eigenvalue weighted by Gasteiger charge is -1.68. The van der Waals surface area contributed by atoms with Crippen LogP contribution in [-0.4, -0.2) is 5.75 Å². The van der Waals surface area contributed by atoms with Gasteiger partial charge in [-0.25, -0.2) is 0 Å². The summed E-state index contributed by atoms with van der Waals surface area (Å²) >= 11 is 4.94. The van der Waals surface area contributed by atoms with Crippen LogP contribution in [0.4, 0.5) is 0 Å². The summed E-state index contributed by atoms with van der Waals surface area (Å²) < 4.78 is 10.1. The maximum absolute atomic E-state index is 10.1. The fourth-order valence-electron chi connectivity index (χ4n) is 0.116. The van der Waals surface area contributed by atoms with Crippen LogP contribution in [0.1, 0.15) is 0 Å². The van der Waals surface area contributed by atoms with E-state index in [0.717, 1.165) is 5.75 Å². The maximum Gasteiger partial charge on any atom is 0.480 e. The Hall–Kier alpha value is 0.540. The molecule has 0 aromatic carbocycles. The molecule has 1 atom stereocenters. The van der Waals surface area contributed by atoms with Crippen LogP contribution in [0.2, 0.25) is 0 Å². The highest BCUT2D eigenvalue weighted by Crippen LogP contribution is 2.41. The minimum absolute atomic E-state index is 0.721. The predicted octanol–water partition coefficient (Wildman–Crippen LogP) is 2.49. The molecular weight excluding hydrogens is 147 g/mol. The number of hydrogen-bond acceptors (Lipinski definition) is 2. The third-order valence-electron chi connectivity index (χ3n) is 0.303. The average molecular weight is 153 g/mol. The highest BCUT2D eigenvalue weighted by Gasteiger charge is 2.05. The molecule has 1 unspecified atom stereocenters. The van der Waals surface area contributed by atoms with Gasteiger partial charge in [0.2, 0.25) is 0 Å². The summed E-state index contributed by atoms with van der Waals surface area (Å²) in [6.45, 7) is 3.45. The minimum Gasteiger partial charge on any atom is -0.102 e. The molecule has 0 rings (SSSR count). The summed E-state index contributed by atoms with van der Waals surface area (Å²) in [7, 11) is 0. The minimum atomic E-state index is -1.32. The lowest BCUT2D eigenvalue weighted by Crippen LogP contribution is -1.55. The smallest absolute Gasteiger partial charge is 0.102 e. The summed E-state index contributed by atoms with van der Waals surface area (Å²) in [5.41, 5.74) is 0. The molecule has 0 bridgehead atoms. The van der Waals surface area contributed by atoms with Gasteiger partial charge < -0.3 is 0 Å². The van der Waals surface area contributed by atoms with Crippen molar-refractivity contribution in [2.45, 2.75) is 0 Å². The highest BCUT2D eigenvalue weighted by atomic mass is 33.1. The van der Waals surface area contributed by atoms with Gasteiger partial charge >= 0.3 is 6.20 Å². The molecule has 0 aromatic heterocycles. The van der Waals surface area contributed by atoms with E-state index in [1.54, 1.807) is 6.08 Å². The van der Waals surface area contributed by atoms with Gasteiger partial charge in [0, 0.05) is 0 Å². The third kappa shape index (κ3) is 6.54. The van der Waals surface area contributed by atoms with E-state index in [0.29, 0.717) is 0 Å². The standard InChI is InChI=1S/C3H5OPS2/c1-2-3-7-5(4)6/h2H,1,3H2/p+1. The summed E-state index contributed by atoms with van der Waals surface area (Å²) in [5.74, 6) is 0.721. The van der Waals surface area contributed by atoms with Gasteiger partial charge in [0.05, 0.1) is 5.75 Å². The normalized spacial score (nSPS) is 10.7. The monoisotopic (exact) mass is 153 g/mol. The Bertz CT molecular complexity index is 83.0. The van der Waals surface area contributed by atoms with E-state index in [-0.39, 0.29) is 0 Å².